The standard InChI is InChI=1S/C27H32ClN7O3/c1-14-4-6-17(7-5-14)16(3)35-24-21(31-26(35)34-13-20(36)8-15(34)2)10-22(25-32-27(37)38-33-25)30-23(24)18-9-19(28)12-29-11-18/h9-12,14-17,20,36H,4-8,13H2,1-3H3,(H,32,33,37)/t14?,15-,16-,17?,20-/m1/s1. The van der Waals surface area contributed by atoms with Crippen LogP contribution < -0.4 is 10.7 Å². The highest BCUT2D eigenvalue weighted by Crippen LogP contribution is 2.42. The second kappa shape index (κ2) is 9.81. The highest BCUT2D eigenvalue weighted by atomic mass is 35.5. The smallest absolute Gasteiger partial charge is 0.391 e. The molecular formula is C27H32ClN7O3. The SMILES string of the molecule is CC1CCC([C@@H](C)n2c(N3C[C@H](O)C[C@H]3C)nc3cc(-c4noc(=O)[nH]4)nc(-c4cncc(Cl)c4)c32)CC1. The number of halogens is 1. The number of hydrogen-bond donors (Lipinski definition) is 2. The van der Waals surface area contributed by atoms with E-state index in [9.17, 15) is 9.90 Å². The largest absolute Gasteiger partial charge is 0.439 e. The molecule has 11 heteroatoms. The number of aliphatic hydroxyl groups is 1. The Labute approximate surface area is 225 Å². The van der Waals surface area contributed by atoms with Gasteiger partial charge >= 0.3 is 5.76 Å². The first-order valence-electron chi connectivity index (χ1n) is 13.3. The molecule has 1 aliphatic heterocycles. The third-order valence-electron chi connectivity index (χ3n) is 8.27. The molecule has 2 N–H and O–H groups in total. The van der Waals surface area contributed by atoms with E-state index >= 15 is 0 Å². The van der Waals surface area contributed by atoms with Crippen molar-refractivity contribution in [3.05, 3.63) is 40.1 Å². The van der Waals surface area contributed by atoms with Gasteiger partial charge in [0.05, 0.1) is 27.9 Å². The van der Waals surface area contributed by atoms with Crippen LogP contribution in [0.3, 0.4) is 0 Å². The normalized spacial score (nSPS) is 24.8. The molecule has 6 rings (SSSR count). The number of rotatable bonds is 5. The number of β-amino-alcohol motifs (C(OH)–C–C–N with tert-alkyl or cyclic N) is 1. The number of pyridine rings is 2. The van der Waals surface area contributed by atoms with Crippen molar-refractivity contribution < 1.29 is 9.63 Å². The Bertz CT molecular complexity index is 1520. The van der Waals surface area contributed by atoms with Crippen LogP contribution in [0.25, 0.3) is 33.8 Å². The average molecular weight is 538 g/mol. The predicted molar refractivity (Wildman–Crippen MR) is 145 cm³/mol. The van der Waals surface area contributed by atoms with Crippen LogP contribution in [0.15, 0.2) is 33.8 Å². The topological polar surface area (TPSA) is 126 Å². The van der Waals surface area contributed by atoms with Gasteiger partial charge in [-0.2, -0.15) is 0 Å². The van der Waals surface area contributed by atoms with E-state index in [4.69, 9.17) is 26.1 Å². The second-order valence-electron chi connectivity index (χ2n) is 11.0. The van der Waals surface area contributed by atoms with E-state index < -0.39 is 11.9 Å². The van der Waals surface area contributed by atoms with Gasteiger partial charge < -0.3 is 14.6 Å². The number of aliphatic hydroxyl groups excluding tert-OH is 1. The lowest BCUT2D eigenvalue weighted by Gasteiger charge is -2.34. The first-order chi connectivity index (χ1) is 18.3. The third kappa shape index (κ3) is 4.49. The van der Waals surface area contributed by atoms with Gasteiger partial charge in [-0.25, -0.2) is 14.8 Å². The molecule has 0 unspecified atom stereocenters. The van der Waals surface area contributed by atoms with E-state index in [-0.39, 0.29) is 17.9 Å². The van der Waals surface area contributed by atoms with Gasteiger partial charge in [0.2, 0.25) is 11.8 Å². The molecule has 38 heavy (non-hydrogen) atoms. The molecule has 1 saturated heterocycles. The fraction of sp³-hybridized carbons (Fsp3) is 0.519. The van der Waals surface area contributed by atoms with Crippen molar-refractivity contribution in [2.24, 2.45) is 11.8 Å². The highest BCUT2D eigenvalue weighted by molar-refractivity contribution is 6.30. The first kappa shape index (κ1) is 25.1. The molecule has 4 aromatic heterocycles. The summed E-state index contributed by atoms with van der Waals surface area (Å²) in [6.45, 7) is 7.24. The number of hydrogen-bond acceptors (Lipinski definition) is 8. The minimum atomic E-state index is -0.654. The highest BCUT2D eigenvalue weighted by Gasteiger charge is 2.35. The van der Waals surface area contributed by atoms with Gasteiger partial charge in [-0.05, 0) is 57.1 Å². The summed E-state index contributed by atoms with van der Waals surface area (Å²) >= 11 is 6.36. The van der Waals surface area contributed by atoms with Crippen LogP contribution in [-0.2, 0) is 0 Å². The van der Waals surface area contributed by atoms with Crippen LogP contribution in [0.5, 0.6) is 0 Å². The minimum Gasteiger partial charge on any atom is -0.391 e. The molecule has 5 heterocycles. The Morgan fingerprint density at radius 3 is 2.61 bits per heavy atom. The zero-order chi connectivity index (χ0) is 26.6. The van der Waals surface area contributed by atoms with Gasteiger partial charge in [0, 0.05) is 36.6 Å². The molecule has 1 saturated carbocycles. The Hall–Kier alpha value is -3.24. The first-order valence-corrected chi connectivity index (χ1v) is 13.7. The average Bonchev–Trinajstić information content (AvgIpc) is 3.59. The fourth-order valence-corrected chi connectivity index (χ4v) is 6.34. The van der Waals surface area contributed by atoms with Gasteiger partial charge in [-0.3, -0.25) is 14.5 Å². The minimum absolute atomic E-state index is 0.134. The molecule has 1 aliphatic carbocycles. The maximum Gasteiger partial charge on any atom is 0.439 e. The van der Waals surface area contributed by atoms with Crippen LogP contribution >= 0.6 is 11.6 Å². The third-order valence-corrected chi connectivity index (χ3v) is 8.48. The van der Waals surface area contributed by atoms with Crippen molar-refractivity contribution >= 4 is 28.6 Å². The van der Waals surface area contributed by atoms with E-state index in [1.165, 1.54) is 12.8 Å². The van der Waals surface area contributed by atoms with Crippen molar-refractivity contribution in [3.8, 4) is 22.8 Å². The maximum atomic E-state index is 11.7. The van der Waals surface area contributed by atoms with Crippen LogP contribution in [0, 0.1) is 11.8 Å². The predicted octanol–water partition coefficient (Wildman–Crippen LogP) is 4.84. The number of H-pyrrole nitrogens is 1. The van der Waals surface area contributed by atoms with Gasteiger partial charge in [-0.15, -0.1) is 0 Å². The summed E-state index contributed by atoms with van der Waals surface area (Å²) in [5, 5.41) is 14.9. The van der Waals surface area contributed by atoms with E-state index in [0.717, 1.165) is 35.8 Å². The van der Waals surface area contributed by atoms with Crippen LogP contribution in [0.2, 0.25) is 5.02 Å². The number of fused-ring (bicyclic) bond motifs is 1. The number of imidazole rings is 1. The van der Waals surface area contributed by atoms with Crippen LogP contribution in [0.4, 0.5) is 5.95 Å². The van der Waals surface area contributed by atoms with Gasteiger partial charge in [0.15, 0.2) is 0 Å². The summed E-state index contributed by atoms with van der Waals surface area (Å²) in [5.41, 5.74) is 3.41. The van der Waals surface area contributed by atoms with E-state index in [1.54, 1.807) is 12.4 Å². The summed E-state index contributed by atoms with van der Waals surface area (Å²) in [7, 11) is 0. The van der Waals surface area contributed by atoms with Crippen molar-refractivity contribution in [2.45, 2.75) is 71.1 Å². The van der Waals surface area contributed by atoms with Crippen LogP contribution in [0.1, 0.15) is 58.9 Å². The van der Waals surface area contributed by atoms with Gasteiger partial charge in [-0.1, -0.05) is 36.5 Å². The molecule has 0 bridgehead atoms. The van der Waals surface area contributed by atoms with Gasteiger partial charge in [0.1, 0.15) is 5.69 Å². The van der Waals surface area contributed by atoms with Crippen molar-refractivity contribution in [3.63, 3.8) is 0 Å². The number of anilines is 1. The fourth-order valence-electron chi connectivity index (χ4n) is 6.16. The lowest BCUT2D eigenvalue weighted by molar-refractivity contribution is 0.195. The monoisotopic (exact) mass is 537 g/mol. The number of aromatic nitrogens is 6. The molecule has 4 aromatic rings. The van der Waals surface area contributed by atoms with Crippen molar-refractivity contribution in [1.82, 2.24) is 29.7 Å². The second-order valence-corrected chi connectivity index (χ2v) is 11.4. The molecule has 0 radical (unpaired) electrons. The number of aromatic amines is 1. The summed E-state index contributed by atoms with van der Waals surface area (Å²) in [6.07, 6.45) is 8.32. The lowest BCUT2D eigenvalue weighted by atomic mass is 9.79. The molecule has 3 atom stereocenters. The summed E-state index contributed by atoms with van der Waals surface area (Å²) < 4.78 is 7.07. The van der Waals surface area contributed by atoms with E-state index in [2.05, 4.69) is 45.4 Å². The molecular weight excluding hydrogens is 506 g/mol. The number of nitrogens with zero attached hydrogens (tertiary/aromatic N) is 6. The summed E-state index contributed by atoms with van der Waals surface area (Å²) in [6, 6.07) is 3.95. The van der Waals surface area contributed by atoms with E-state index in [0.29, 0.717) is 40.8 Å². The zero-order valence-electron chi connectivity index (χ0n) is 21.8. The lowest BCUT2D eigenvalue weighted by Crippen LogP contribution is -2.32. The Balaban J connectivity index is 1.61. The van der Waals surface area contributed by atoms with Crippen molar-refractivity contribution in [1.29, 1.82) is 0 Å². The summed E-state index contributed by atoms with van der Waals surface area (Å²) in [4.78, 5) is 30.9. The van der Waals surface area contributed by atoms with E-state index in [1.807, 2.05) is 12.1 Å². The molecule has 0 aromatic carbocycles. The molecule has 10 nitrogen and oxygen atoms in total. The Morgan fingerprint density at radius 2 is 1.95 bits per heavy atom. The van der Waals surface area contributed by atoms with Gasteiger partial charge in [0.25, 0.3) is 0 Å². The molecule has 2 fully saturated rings. The molecule has 2 aliphatic rings. The quantitative estimate of drug-likeness (QED) is 0.370. The maximum absolute atomic E-state index is 11.7. The van der Waals surface area contributed by atoms with Crippen LogP contribution in [-0.4, -0.2) is 53.5 Å². The molecule has 0 amide bonds. The molecule has 0 spiro atoms. The summed E-state index contributed by atoms with van der Waals surface area (Å²) in [5.74, 6) is 1.62. The van der Waals surface area contributed by atoms with Crippen molar-refractivity contribution in [2.75, 3.05) is 11.4 Å². The molecule has 200 valence electrons. The Kier molecular flexibility index (Phi) is 6.47. The zero-order valence-corrected chi connectivity index (χ0v) is 22.5. The Morgan fingerprint density at radius 1 is 1.16 bits per heavy atom. The number of nitrogens with one attached hydrogen (secondary N) is 1.